The first-order chi connectivity index (χ1) is 5.42. The van der Waals surface area contributed by atoms with Crippen LogP contribution in [-0.4, -0.2) is 11.3 Å². The van der Waals surface area contributed by atoms with Crippen molar-refractivity contribution in [1.29, 1.82) is 0 Å². The van der Waals surface area contributed by atoms with Crippen LogP contribution in [0.15, 0.2) is 12.3 Å². The van der Waals surface area contributed by atoms with Gasteiger partial charge < -0.3 is 4.98 Å². The number of rotatable bonds is 1. The van der Waals surface area contributed by atoms with E-state index in [-0.39, 0.29) is 0 Å². The van der Waals surface area contributed by atoms with Crippen LogP contribution in [-0.2, 0) is 6.42 Å². The molecule has 0 aromatic carbocycles. The molecule has 0 aliphatic heterocycles. The highest BCUT2D eigenvalue weighted by molar-refractivity contribution is 5.79. The van der Waals surface area contributed by atoms with E-state index < -0.39 is 0 Å². The third-order valence-corrected chi connectivity index (χ3v) is 2.03. The van der Waals surface area contributed by atoms with E-state index in [1.807, 2.05) is 6.08 Å². The average molecular weight is 147 g/mol. The maximum Gasteiger partial charge on any atom is 0.151 e. The van der Waals surface area contributed by atoms with Crippen LogP contribution in [0.2, 0.25) is 0 Å². The molecule has 0 spiro atoms. The Hall–Kier alpha value is -1.31. The molecule has 0 saturated heterocycles. The lowest BCUT2D eigenvalue weighted by Gasteiger charge is -2.03. The molecule has 0 atom stereocenters. The zero-order chi connectivity index (χ0) is 7.68. The van der Waals surface area contributed by atoms with Crippen molar-refractivity contribution in [3.05, 3.63) is 29.1 Å². The van der Waals surface area contributed by atoms with Gasteiger partial charge in [0.15, 0.2) is 6.29 Å². The summed E-state index contributed by atoms with van der Waals surface area (Å²) in [5.41, 5.74) is 3.07. The van der Waals surface area contributed by atoms with Crippen LogP contribution >= 0.6 is 0 Å². The summed E-state index contributed by atoms with van der Waals surface area (Å²) in [7, 11) is 0. The second kappa shape index (κ2) is 2.38. The Kier molecular flexibility index (Phi) is 1.39. The predicted octanol–water partition coefficient (Wildman–Crippen LogP) is 1.79. The van der Waals surface area contributed by atoms with Crippen LogP contribution in [0.25, 0.3) is 6.08 Å². The minimum absolute atomic E-state index is 0.810. The molecule has 1 aromatic heterocycles. The number of carbonyl (C=O) groups is 1. The molecular formula is C9H9NO. The van der Waals surface area contributed by atoms with Gasteiger partial charge >= 0.3 is 0 Å². The SMILES string of the molecule is O=Cc1c[nH]c2c1CCC=C2. The largest absolute Gasteiger partial charge is 0.361 e. The Labute approximate surface area is 64.9 Å². The van der Waals surface area contributed by atoms with E-state index in [0.717, 1.165) is 30.4 Å². The van der Waals surface area contributed by atoms with E-state index in [1.54, 1.807) is 6.20 Å². The average Bonchev–Trinajstić information content (AvgIpc) is 2.47. The Bertz CT molecular complexity index is 309. The summed E-state index contributed by atoms with van der Waals surface area (Å²) >= 11 is 0. The minimum Gasteiger partial charge on any atom is -0.361 e. The summed E-state index contributed by atoms with van der Waals surface area (Å²) in [4.78, 5) is 13.6. The Morgan fingerprint density at radius 2 is 2.45 bits per heavy atom. The van der Waals surface area contributed by atoms with Gasteiger partial charge in [-0.3, -0.25) is 4.79 Å². The zero-order valence-corrected chi connectivity index (χ0v) is 6.13. The fourth-order valence-electron chi connectivity index (χ4n) is 1.45. The first-order valence-electron chi connectivity index (χ1n) is 3.74. The van der Waals surface area contributed by atoms with Gasteiger partial charge in [-0.25, -0.2) is 0 Å². The van der Waals surface area contributed by atoms with Crippen LogP contribution in [0.4, 0.5) is 0 Å². The van der Waals surface area contributed by atoms with Gasteiger partial charge in [0, 0.05) is 17.5 Å². The van der Waals surface area contributed by atoms with Crippen molar-refractivity contribution in [2.24, 2.45) is 0 Å². The molecule has 0 radical (unpaired) electrons. The van der Waals surface area contributed by atoms with Crippen molar-refractivity contribution in [2.75, 3.05) is 0 Å². The fraction of sp³-hybridized carbons (Fsp3) is 0.222. The summed E-state index contributed by atoms with van der Waals surface area (Å²) in [6, 6.07) is 0. The van der Waals surface area contributed by atoms with Crippen molar-refractivity contribution in [1.82, 2.24) is 4.98 Å². The molecule has 1 aliphatic carbocycles. The third kappa shape index (κ3) is 0.909. The molecule has 1 N–H and O–H groups in total. The van der Waals surface area contributed by atoms with Crippen LogP contribution < -0.4 is 0 Å². The number of hydrogen-bond donors (Lipinski definition) is 1. The van der Waals surface area contributed by atoms with Crippen LogP contribution in [0.1, 0.15) is 28.0 Å². The number of aldehydes is 1. The first kappa shape index (κ1) is 6.40. The Morgan fingerprint density at radius 1 is 1.55 bits per heavy atom. The lowest BCUT2D eigenvalue weighted by molar-refractivity contribution is 0.112. The number of hydrogen-bond acceptors (Lipinski definition) is 1. The number of aromatic amines is 1. The lowest BCUT2D eigenvalue weighted by atomic mass is 10.0. The standard InChI is InChI=1S/C9H9NO/c11-6-7-5-10-9-4-2-1-3-8(7)9/h2,4-6,10H,1,3H2. The van der Waals surface area contributed by atoms with Gasteiger partial charge in [-0.15, -0.1) is 0 Å². The number of nitrogens with one attached hydrogen (secondary N) is 1. The molecule has 2 nitrogen and oxygen atoms in total. The van der Waals surface area contributed by atoms with Crippen LogP contribution in [0.5, 0.6) is 0 Å². The highest BCUT2D eigenvalue weighted by Gasteiger charge is 2.09. The number of fused-ring (bicyclic) bond motifs is 1. The van der Waals surface area contributed by atoms with E-state index in [1.165, 1.54) is 5.56 Å². The van der Waals surface area contributed by atoms with Gasteiger partial charge in [-0.05, 0) is 24.5 Å². The van der Waals surface area contributed by atoms with Gasteiger partial charge in [0.2, 0.25) is 0 Å². The highest BCUT2D eigenvalue weighted by Crippen LogP contribution is 2.20. The lowest BCUT2D eigenvalue weighted by Crippen LogP contribution is -1.93. The Balaban J connectivity index is 2.55. The highest BCUT2D eigenvalue weighted by atomic mass is 16.1. The zero-order valence-electron chi connectivity index (χ0n) is 6.13. The third-order valence-electron chi connectivity index (χ3n) is 2.03. The van der Waals surface area contributed by atoms with E-state index >= 15 is 0 Å². The maximum absolute atomic E-state index is 10.5. The smallest absolute Gasteiger partial charge is 0.151 e. The van der Waals surface area contributed by atoms with Gasteiger partial charge in [0.05, 0.1) is 0 Å². The molecule has 56 valence electrons. The number of allylic oxidation sites excluding steroid dienone is 1. The molecule has 0 saturated carbocycles. The molecule has 1 heterocycles. The summed E-state index contributed by atoms with van der Waals surface area (Å²) in [6.45, 7) is 0. The number of carbonyl (C=O) groups excluding carboxylic acids is 1. The van der Waals surface area contributed by atoms with Gasteiger partial charge in [-0.1, -0.05) is 6.08 Å². The molecule has 2 rings (SSSR count). The number of aromatic nitrogens is 1. The molecule has 0 fully saturated rings. The molecule has 2 heteroatoms. The maximum atomic E-state index is 10.5. The summed E-state index contributed by atoms with van der Waals surface area (Å²) in [5.74, 6) is 0. The van der Waals surface area contributed by atoms with E-state index in [4.69, 9.17) is 0 Å². The quantitative estimate of drug-likeness (QED) is 0.603. The van der Waals surface area contributed by atoms with Crippen molar-refractivity contribution >= 4 is 12.4 Å². The number of H-pyrrole nitrogens is 1. The monoisotopic (exact) mass is 147 g/mol. The summed E-state index contributed by atoms with van der Waals surface area (Å²) in [6.07, 6.45) is 8.87. The molecule has 0 unspecified atom stereocenters. The van der Waals surface area contributed by atoms with Crippen molar-refractivity contribution in [3.63, 3.8) is 0 Å². The van der Waals surface area contributed by atoms with Crippen molar-refractivity contribution in [3.8, 4) is 0 Å². The van der Waals surface area contributed by atoms with Crippen LogP contribution in [0, 0.1) is 0 Å². The molecule has 0 bridgehead atoms. The van der Waals surface area contributed by atoms with Gasteiger partial charge in [-0.2, -0.15) is 0 Å². The van der Waals surface area contributed by atoms with E-state index in [2.05, 4.69) is 11.1 Å². The Morgan fingerprint density at radius 3 is 3.27 bits per heavy atom. The van der Waals surface area contributed by atoms with E-state index in [0.29, 0.717) is 0 Å². The molecule has 1 aliphatic rings. The van der Waals surface area contributed by atoms with E-state index in [9.17, 15) is 4.79 Å². The first-order valence-corrected chi connectivity index (χ1v) is 3.74. The minimum atomic E-state index is 0.810. The second-order valence-electron chi connectivity index (χ2n) is 2.70. The van der Waals surface area contributed by atoms with Crippen molar-refractivity contribution < 1.29 is 4.79 Å². The molecular weight excluding hydrogens is 138 g/mol. The molecule has 1 aromatic rings. The molecule has 0 amide bonds. The fourth-order valence-corrected chi connectivity index (χ4v) is 1.45. The topological polar surface area (TPSA) is 32.9 Å². The predicted molar refractivity (Wildman–Crippen MR) is 43.5 cm³/mol. The summed E-state index contributed by atoms with van der Waals surface area (Å²) in [5, 5.41) is 0. The van der Waals surface area contributed by atoms with Gasteiger partial charge in [0.1, 0.15) is 0 Å². The van der Waals surface area contributed by atoms with Crippen LogP contribution in [0.3, 0.4) is 0 Å². The van der Waals surface area contributed by atoms with Gasteiger partial charge in [0.25, 0.3) is 0 Å². The van der Waals surface area contributed by atoms with Crippen molar-refractivity contribution in [2.45, 2.75) is 12.8 Å². The molecule has 11 heavy (non-hydrogen) atoms. The second-order valence-corrected chi connectivity index (χ2v) is 2.70. The summed E-state index contributed by atoms with van der Waals surface area (Å²) < 4.78 is 0. The normalized spacial score (nSPS) is 14.5.